The molecule has 0 aliphatic heterocycles. The van der Waals surface area contributed by atoms with Crippen LogP contribution in [0.2, 0.25) is 0 Å². The van der Waals surface area contributed by atoms with Crippen molar-refractivity contribution in [3.63, 3.8) is 0 Å². The molecule has 0 heterocycles. The van der Waals surface area contributed by atoms with Gasteiger partial charge in [-0.2, -0.15) is 0 Å². The molecule has 0 aliphatic carbocycles. The molecule has 0 unspecified atom stereocenters. The second kappa shape index (κ2) is 9.64. The van der Waals surface area contributed by atoms with Crippen LogP contribution in [0.1, 0.15) is 19.4 Å². The Hall–Kier alpha value is -1.26. The van der Waals surface area contributed by atoms with Crippen molar-refractivity contribution >= 4 is 24.0 Å². The fourth-order valence-corrected chi connectivity index (χ4v) is 1.70. The molecule has 0 spiro atoms. The third-order valence-corrected chi connectivity index (χ3v) is 2.78. The summed E-state index contributed by atoms with van der Waals surface area (Å²) in [6.45, 7) is 6.57. The van der Waals surface area contributed by atoms with Crippen LogP contribution in [0, 0.1) is 0 Å². The number of nitrogen functional groups attached to an aromatic ring is 1. The monoisotopic (exact) mass is 286 g/mol. The SMILES string of the molecule is CCOCCN(CC)C(=O)Cc1ccc(N)cc1.Cl. The van der Waals surface area contributed by atoms with Gasteiger partial charge >= 0.3 is 0 Å². The summed E-state index contributed by atoms with van der Waals surface area (Å²) < 4.78 is 5.27. The Bertz CT molecular complexity index is 368. The van der Waals surface area contributed by atoms with E-state index >= 15 is 0 Å². The number of ether oxygens (including phenoxy) is 1. The van der Waals surface area contributed by atoms with Gasteiger partial charge in [0.05, 0.1) is 13.0 Å². The first-order valence-electron chi connectivity index (χ1n) is 6.37. The highest BCUT2D eigenvalue weighted by atomic mass is 35.5. The number of anilines is 1. The van der Waals surface area contributed by atoms with E-state index in [9.17, 15) is 4.79 Å². The second-order valence-electron chi connectivity index (χ2n) is 4.09. The second-order valence-corrected chi connectivity index (χ2v) is 4.09. The van der Waals surface area contributed by atoms with Gasteiger partial charge in [0, 0.05) is 25.4 Å². The largest absolute Gasteiger partial charge is 0.399 e. The van der Waals surface area contributed by atoms with Crippen molar-refractivity contribution in [2.45, 2.75) is 20.3 Å². The zero-order chi connectivity index (χ0) is 13.4. The van der Waals surface area contributed by atoms with Crippen molar-refractivity contribution in [1.29, 1.82) is 0 Å². The van der Waals surface area contributed by atoms with Crippen molar-refractivity contribution < 1.29 is 9.53 Å². The van der Waals surface area contributed by atoms with Crippen LogP contribution in [0.4, 0.5) is 5.69 Å². The first-order chi connectivity index (χ1) is 8.67. The van der Waals surface area contributed by atoms with E-state index in [-0.39, 0.29) is 18.3 Å². The van der Waals surface area contributed by atoms with Gasteiger partial charge in [-0.25, -0.2) is 0 Å². The fraction of sp³-hybridized carbons (Fsp3) is 0.500. The highest BCUT2D eigenvalue weighted by Gasteiger charge is 2.11. The van der Waals surface area contributed by atoms with E-state index in [1.54, 1.807) is 0 Å². The molecule has 0 aromatic heterocycles. The number of hydrogen-bond donors (Lipinski definition) is 1. The Morgan fingerprint density at radius 1 is 1.26 bits per heavy atom. The van der Waals surface area contributed by atoms with Crippen molar-refractivity contribution in [3.8, 4) is 0 Å². The lowest BCUT2D eigenvalue weighted by Gasteiger charge is -2.20. The molecule has 4 nitrogen and oxygen atoms in total. The molecule has 19 heavy (non-hydrogen) atoms. The molecular weight excluding hydrogens is 264 g/mol. The highest BCUT2D eigenvalue weighted by Crippen LogP contribution is 2.07. The number of carbonyl (C=O) groups is 1. The number of amides is 1. The van der Waals surface area contributed by atoms with Gasteiger partial charge in [-0.3, -0.25) is 4.79 Å². The molecule has 0 saturated heterocycles. The minimum atomic E-state index is 0. The number of benzene rings is 1. The first kappa shape index (κ1) is 17.7. The number of nitrogens with two attached hydrogens (primary N) is 1. The summed E-state index contributed by atoms with van der Waals surface area (Å²) in [5, 5.41) is 0. The quantitative estimate of drug-likeness (QED) is 0.617. The summed E-state index contributed by atoms with van der Waals surface area (Å²) in [5.74, 6) is 0.127. The molecule has 0 aliphatic rings. The van der Waals surface area contributed by atoms with Crippen LogP contribution in [-0.2, 0) is 16.0 Å². The van der Waals surface area contributed by atoms with Gasteiger partial charge in [0.15, 0.2) is 0 Å². The van der Waals surface area contributed by atoms with Gasteiger partial charge in [0.25, 0.3) is 0 Å². The van der Waals surface area contributed by atoms with Gasteiger partial charge in [-0.05, 0) is 31.5 Å². The molecule has 0 atom stereocenters. The number of likely N-dealkylation sites (N-methyl/N-ethyl adjacent to an activating group) is 1. The van der Waals surface area contributed by atoms with E-state index in [4.69, 9.17) is 10.5 Å². The van der Waals surface area contributed by atoms with Crippen molar-refractivity contribution in [3.05, 3.63) is 29.8 Å². The lowest BCUT2D eigenvalue weighted by Crippen LogP contribution is -2.35. The molecule has 0 saturated carbocycles. The number of nitrogens with zero attached hydrogens (tertiary/aromatic N) is 1. The minimum Gasteiger partial charge on any atom is -0.399 e. The van der Waals surface area contributed by atoms with E-state index in [1.165, 1.54) is 0 Å². The van der Waals surface area contributed by atoms with Crippen molar-refractivity contribution in [1.82, 2.24) is 4.90 Å². The van der Waals surface area contributed by atoms with Crippen LogP contribution in [-0.4, -0.2) is 37.1 Å². The molecule has 108 valence electrons. The fourth-order valence-electron chi connectivity index (χ4n) is 1.70. The summed E-state index contributed by atoms with van der Waals surface area (Å²) in [6, 6.07) is 7.42. The van der Waals surface area contributed by atoms with E-state index in [1.807, 2.05) is 43.0 Å². The van der Waals surface area contributed by atoms with Crippen molar-refractivity contribution in [2.75, 3.05) is 32.0 Å². The Labute approximate surface area is 121 Å². The molecule has 1 aromatic rings. The molecule has 2 N–H and O–H groups in total. The molecule has 1 rings (SSSR count). The summed E-state index contributed by atoms with van der Waals surface area (Å²) >= 11 is 0. The zero-order valence-electron chi connectivity index (χ0n) is 11.6. The third kappa shape index (κ3) is 6.45. The summed E-state index contributed by atoms with van der Waals surface area (Å²) in [6.07, 6.45) is 0.417. The zero-order valence-corrected chi connectivity index (χ0v) is 12.4. The van der Waals surface area contributed by atoms with E-state index in [2.05, 4.69) is 0 Å². The standard InChI is InChI=1S/C14H22N2O2.ClH/c1-3-16(9-10-18-4-2)14(17)11-12-5-7-13(15)8-6-12;/h5-8H,3-4,9-11,15H2,1-2H3;1H. The highest BCUT2D eigenvalue weighted by molar-refractivity contribution is 5.85. The van der Waals surface area contributed by atoms with Crippen LogP contribution in [0.3, 0.4) is 0 Å². The normalized spacial score (nSPS) is 9.79. The maximum Gasteiger partial charge on any atom is 0.227 e. The lowest BCUT2D eigenvalue weighted by atomic mass is 10.1. The predicted octanol–water partition coefficient (Wildman–Crippen LogP) is 2.12. The van der Waals surface area contributed by atoms with Gasteiger partial charge < -0.3 is 15.4 Å². The summed E-state index contributed by atoms with van der Waals surface area (Å²) in [4.78, 5) is 13.9. The van der Waals surface area contributed by atoms with Crippen LogP contribution in [0.15, 0.2) is 24.3 Å². The summed E-state index contributed by atoms with van der Waals surface area (Å²) in [5.41, 5.74) is 7.32. The maximum absolute atomic E-state index is 12.1. The first-order valence-corrected chi connectivity index (χ1v) is 6.37. The number of hydrogen-bond acceptors (Lipinski definition) is 3. The molecule has 1 amide bonds. The van der Waals surface area contributed by atoms with Crippen molar-refractivity contribution in [2.24, 2.45) is 0 Å². The Balaban J connectivity index is 0.00000324. The average molecular weight is 287 g/mol. The molecule has 0 fully saturated rings. The number of carbonyl (C=O) groups excluding carboxylic acids is 1. The Kier molecular flexibility index (Phi) is 9.00. The third-order valence-electron chi connectivity index (χ3n) is 2.78. The van der Waals surface area contributed by atoms with Crippen LogP contribution in [0.5, 0.6) is 0 Å². The molecule has 5 heteroatoms. The van der Waals surface area contributed by atoms with Crippen LogP contribution >= 0.6 is 12.4 Å². The van der Waals surface area contributed by atoms with Gasteiger partial charge in [-0.15, -0.1) is 12.4 Å². The van der Waals surface area contributed by atoms with Gasteiger partial charge in [-0.1, -0.05) is 12.1 Å². The molecule has 0 radical (unpaired) electrons. The van der Waals surface area contributed by atoms with Gasteiger partial charge in [0.2, 0.25) is 5.91 Å². The molecule has 0 bridgehead atoms. The van der Waals surface area contributed by atoms with Gasteiger partial charge in [0.1, 0.15) is 0 Å². The van der Waals surface area contributed by atoms with E-state index < -0.39 is 0 Å². The summed E-state index contributed by atoms with van der Waals surface area (Å²) in [7, 11) is 0. The topological polar surface area (TPSA) is 55.6 Å². The smallest absolute Gasteiger partial charge is 0.227 e. The Morgan fingerprint density at radius 2 is 1.89 bits per heavy atom. The van der Waals surface area contributed by atoms with E-state index in [0.29, 0.717) is 32.7 Å². The van der Waals surface area contributed by atoms with Crippen LogP contribution in [0.25, 0.3) is 0 Å². The minimum absolute atomic E-state index is 0. The maximum atomic E-state index is 12.1. The van der Waals surface area contributed by atoms with Crippen LogP contribution < -0.4 is 5.73 Å². The predicted molar refractivity (Wildman–Crippen MR) is 80.6 cm³/mol. The number of halogens is 1. The number of rotatable bonds is 7. The lowest BCUT2D eigenvalue weighted by molar-refractivity contribution is -0.131. The average Bonchev–Trinajstić information content (AvgIpc) is 2.37. The Morgan fingerprint density at radius 3 is 2.42 bits per heavy atom. The van der Waals surface area contributed by atoms with E-state index in [0.717, 1.165) is 11.3 Å². The molecule has 1 aromatic carbocycles. The molecular formula is C14H23ClN2O2.